The number of fused-ring (bicyclic) bond motifs is 1. The Labute approximate surface area is 134 Å². The van der Waals surface area contributed by atoms with Crippen LogP contribution in [0.2, 0.25) is 0 Å². The van der Waals surface area contributed by atoms with Crippen LogP contribution in [0.5, 0.6) is 0 Å². The Morgan fingerprint density at radius 3 is 1.12 bits per heavy atom. The first-order chi connectivity index (χ1) is 11.2. The molecule has 0 aliphatic rings. The van der Waals surface area contributed by atoms with E-state index in [0.29, 0.717) is 10.8 Å². The lowest BCUT2D eigenvalue weighted by atomic mass is 9.93. The molecule has 8 nitrogen and oxygen atoms in total. The Morgan fingerprint density at radius 1 is 0.583 bits per heavy atom. The molecule has 0 atom stereocenters. The van der Waals surface area contributed by atoms with Crippen LogP contribution in [-0.2, 0) is 19.2 Å². The van der Waals surface area contributed by atoms with E-state index in [-0.39, 0.29) is 11.1 Å². The molecule has 0 aromatic heterocycles. The molecule has 0 radical (unpaired) electrons. The second-order valence-corrected chi connectivity index (χ2v) is 5.09. The van der Waals surface area contributed by atoms with Gasteiger partial charge in [0.25, 0.3) is 0 Å². The number of aliphatic carboxylic acids is 4. The van der Waals surface area contributed by atoms with Gasteiger partial charge in [0, 0.05) is 0 Å². The van der Waals surface area contributed by atoms with E-state index >= 15 is 0 Å². The van der Waals surface area contributed by atoms with E-state index in [9.17, 15) is 19.2 Å². The molecule has 8 heteroatoms. The Kier molecular flexibility index (Phi) is 4.50. The normalized spacial score (nSPS) is 10.9. The van der Waals surface area contributed by atoms with Crippen LogP contribution in [0.15, 0.2) is 36.4 Å². The van der Waals surface area contributed by atoms with Gasteiger partial charge in [0.1, 0.15) is 0 Å². The molecule has 0 amide bonds. The maximum Gasteiger partial charge on any atom is 0.322 e. The van der Waals surface area contributed by atoms with Crippen LogP contribution in [-0.4, -0.2) is 44.3 Å². The minimum atomic E-state index is -1.72. The summed E-state index contributed by atoms with van der Waals surface area (Å²) in [5.74, 6) is -9.46. The van der Waals surface area contributed by atoms with Crippen molar-refractivity contribution in [2.45, 2.75) is 11.8 Å². The quantitative estimate of drug-likeness (QED) is 0.579. The lowest BCUT2D eigenvalue weighted by Gasteiger charge is -2.11. The first-order valence-corrected chi connectivity index (χ1v) is 6.67. The van der Waals surface area contributed by atoms with E-state index in [2.05, 4.69) is 0 Å². The van der Waals surface area contributed by atoms with Crippen molar-refractivity contribution in [3.05, 3.63) is 47.5 Å². The van der Waals surface area contributed by atoms with Gasteiger partial charge in [0.15, 0.2) is 11.8 Å². The summed E-state index contributed by atoms with van der Waals surface area (Å²) >= 11 is 0. The highest BCUT2D eigenvalue weighted by molar-refractivity contribution is 6.01. The first kappa shape index (κ1) is 16.9. The van der Waals surface area contributed by atoms with Gasteiger partial charge in [-0.25, -0.2) is 0 Å². The summed E-state index contributed by atoms with van der Waals surface area (Å²) in [7, 11) is 0. The van der Waals surface area contributed by atoms with E-state index in [0.717, 1.165) is 0 Å². The van der Waals surface area contributed by atoms with Crippen molar-refractivity contribution in [3.63, 3.8) is 0 Å². The molecule has 2 rings (SSSR count). The van der Waals surface area contributed by atoms with Crippen molar-refractivity contribution in [3.8, 4) is 0 Å². The van der Waals surface area contributed by atoms with E-state index in [1.54, 1.807) is 0 Å². The third-order valence-electron chi connectivity index (χ3n) is 3.54. The highest BCUT2D eigenvalue weighted by Gasteiger charge is 2.29. The number of benzene rings is 2. The Bertz CT molecular complexity index is 755. The molecule has 124 valence electrons. The van der Waals surface area contributed by atoms with E-state index in [1.165, 1.54) is 36.4 Å². The zero-order chi connectivity index (χ0) is 18.0. The fourth-order valence-electron chi connectivity index (χ4n) is 2.42. The molecule has 0 saturated heterocycles. The van der Waals surface area contributed by atoms with Gasteiger partial charge in [-0.15, -0.1) is 0 Å². The van der Waals surface area contributed by atoms with Gasteiger partial charge < -0.3 is 20.4 Å². The summed E-state index contributed by atoms with van der Waals surface area (Å²) in [5, 5.41) is 36.9. The smallest absolute Gasteiger partial charge is 0.322 e. The summed E-state index contributed by atoms with van der Waals surface area (Å²) in [5.41, 5.74) is 0.117. The molecule has 2 aromatic carbocycles. The Balaban J connectivity index is 2.52. The minimum Gasteiger partial charge on any atom is -0.480 e. The number of carboxylic acids is 4. The van der Waals surface area contributed by atoms with E-state index in [1.807, 2.05) is 0 Å². The molecule has 0 spiro atoms. The molecule has 0 aliphatic heterocycles. The molecule has 0 unspecified atom stereocenters. The van der Waals surface area contributed by atoms with E-state index < -0.39 is 35.7 Å². The number of carbonyl (C=O) groups is 4. The number of carboxylic acid groups (broad SMARTS) is 4. The van der Waals surface area contributed by atoms with Gasteiger partial charge in [0.2, 0.25) is 0 Å². The largest absolute Gasteiger partial charge is 0.480 e. The van der Waals surface area contributed by atoms with Gasteiger partial charge in [-0.3, -0.25) is 19.2 Å². The average molecular weight is 332 g/mol. The Hall–Kier alpha value is -3.42. The van der Waals surface area contributed by atoms with Crippen LogP contribution in [0.3, 0.4) is 0 Å². The van der Waals surface area contributed by atoms with Crippen LogP contribution < -0.4 is 0 Å². The van der Waals surface area contributed by atoms with Gasteiger partial charge in [-0.1, -0.05) is 24.3 Å². The monoisotopic (exact) mass is 332 g/mol. The van der Waals surface area contributed by atoms with Crippen molar-refractivity contribution in [1.82, 2.24) is 0 Å². The van der Waals surface area contributed by atoms with Crippen molar-refractivity contribution in [2.24, 2.45) is 0 Å². The summed E-state index contributed by atoms with van der Waals surface area (Å²) in [4.78, 5) is 44.2. The lowest BCUT2D eigenvalue weighted by Crippen LogP contribution is -2.21. The van der Waals surface area contributed by atoms with Crippen molar-refractivity contribution >= 4 is 34.6 Å². The third-order valence-corrected chi connectivity index (χ3v) is 3.54. The molecule has 0 aliphatic carbocycles. The van der Waals surface area contributed by atoms with Gasteiger partial charge >= 0.3 is 23.9 Å². The Morgan fingerprint density at radius 2 is 0.875 bits per heavy atom. The van der Waals surface area contributed by atoms with Crippen molar-refractivity contribution in [2.75, 3.05) is 0 Å². The maximum atomic E-state index is 11.1. The molecule has 0 saturated carbocycles. The molecule has 2 aromatic rings. The maximum absolute atomic E-state index is 11.1. The summed E-state index contributed by atoms with van der Waals surface area (Å²) in [6, 6.07) is 8.18. The molecular weight excluding hydrogens is 320 g/mol. The summed E-state index contributed by atoms with van der Waals surface area (Å²) < 4.78 is 0. The summed E-state index contributed by atoms with van der Waals surface area (Å²) in [6.45, 7) is 0. The number of hydrogen-bond donors (Lipinski definition) is 4. The number of hydrogen-bond acceptors (Lipinski definition) is 4. The van der Waals surface area contributed by atoms with Crippen LogP contribution in [0, 0.1) is 0 Å². The van der Waals surface area contributed by atoms with Crippen LogP contribution >= 0.6 is 0 Å². The van der Waals surface area contributed by atoms with Crippen LogP contribution in [0.25, 0.3) is 10.8 Å². The van der Waals surface area contributed by atoms with Crippen LogP contribution in [0.1, 0.15) is 23.0 Å². The molecule has 24 heavy (non-hydrogen) atoms. The standard InChI is InChI=1S/C16H12O8/c17-13(18)11(14(19)20)9-3-1-7-5-10(4-2-8(7)6-9)12(15(21)22)16(23)24/h1-6,11-12H,(H,17,18)(H,19,20)(H,21,22)(H,23,24). The zero-order valence-electron chi connectivity index (χ0n) is 12.0. The molecule has 0 fully saturated rings. The third kappa shape index (κ3) is 3.17. The highest BCUT2D eigenvalue weighted by Crippen LogP contribution is 2.26. The average Bonchev–Trinajstić information content (AvgIpc) is 2.45. The molecular formula is C16H12O8. The minimum absolute atomic E-state index is 0.0586. The fraction of sp³-hybridized carbons (Fsp3) is 0.125. The van der Waals surface area contributed by atoms with Crippen molar-refractivity contribution in [1.29, 1.82) is 0 Å². The fourth-order valence-corrected chi connectivity index (χ4v) is 2.42. The lowest BCUT2D eigenvalue weighted by molar-refractivity contribution is -0.152. The highest BCUT2D eigenvalue weighted by atomic mass is 16.4. The summed E-state index contributed by atoms with van der Waals surface area (Å²) in [6.07, 6.45) is 0. The zero-order valence-corrected chi connectivity index (χ0v) is 12.0. The second-order valence-electron chi connectivity index (χ2n) is 5.09. The molecule has 0 bridgehead atoms. The SMILES string of the molecule is O=C(O)C(C(=O)O)c1ccc2cc(C(C(=O)O)C(=O)O)ccc2c1. The first-order valence-electron chi connectivity index (χ1n) is 6.67. The molecule has 4 N–H and O–H groups in total. The van der Waals surface area contributed by atoms with Gasteiger partial charge in [-0.2, -0.15) is 0 Å². The number of rotatable bonds is 6. The predicted molar refractivity (Wildman–Crippen MR) is 80.0 cm³/mol. The van der Waals surface area contributed by atoms with Gasteiger partial charge in [0.05, 0.1) is 0 Å². The second kappa shape index (κ2) is 6.37. The van der Waals surface area contributed by atoms with Crippen LogP contribution in [0.4, 0.5) is 0 Å². The van der Waals surface area contributed by atoms with E-state index in [4.69, 9.17) is 20.4 Å². The van der Waals surface area contributed by atoms with Gasteiger partial charge in [-0.05, 0) is 34.0 Å². The molecule has 0 heterocycles. The topological polar surface area (TPSA) is 149 Å². The van der Waals surface area contributed by atoms with Crippen molar-refractivity contribution < 1.29 is 39.6 Å². The predicted octanol–water partition coefficient (Wildman–Crippen LogP) is 1.35.